The predicted octanol–water partition coefficient (Wildman–Crippen LogP) is 2.09. The molecule has 0 aromatic heterocycles. The summed E-state index contributed by atoms with van der Waals surface area (Å²) in [4.78, 5) is 36.4. The minimum absolute atomic E-state index is 0.0692. The molecule has 2 amide bonds. The number of carbonyl (C=O) groups is 3. The van der Waals surface area contributed by atoms with Crippen LogP contribution in [0.25, 0.3) is 0 Å². The molecule has 0 heterocycles. The van der Waals surface area contributed by atoms with E-state index < -0.39 is 0 Å². The van der Waals surface area contributed by atoms with Gasteiger partial charge in [0.25, 0.3) is 0 Å². The van der Waals surface area contributed by atoms with Crippen molar-refractivity contribution in [3.8, 4) is 0 Å². The SMILES string of the molecule is CCN(CC)C(=O)CC(=O)Nc1cccc(C(C)=O)c1. The van der Waals surface area contributed by atoms with Crippen LogP contribution in [0.15, 0.2) is 24.3 Å². The standard InChI is InChI=1S/C15H20N2O3/c1-4-17(5-2)15(20)10-14(19)16-13-8-6-7-12(9-13)11(3)18/h6-9H,4-5,10H2,1-3H3,(H,16,19). The van der Waals surface area contributed by atoms with Crippen LogP contribution in [0.3, 0.4) is 0 Å². The number of hydrogen-bond donors (Lipinski definition) is 1. The maximum atomic E-state index is 11.8. The number of amides is 2. The van der Waals surface area contributed by atoms with E-state index in [9.17, 15) is 14.4 Å². The number of ketones is 1. The molecular weight excluding hydrogens is 256 g/mol. The maximum absolute atomic E-state index is 11.8. The first-order chi connectivity index (χ1) is 9.47. The molecule has 0 aliphatic rings. The van der Waals surface area contributed by atoms with Gasteiger partial charge in [0.05, 0.1) is 0 Å². The van der Waals surface area contributed by atoms with Gasteiger partial charge in [-0.05, 0) is 32.9 Å². The first-order valence-electron chi connectivity index (χ1n) is 6.66. The van der Waals surface area contributed by atoms with E-state index in [2.05, 4.69) is 5.32 Å². The average Bonchev–Trinajstić information content (AvgIpc) is 2.40. The van der Waals surface area contributed by atoms with Gasteiger partial charge in [0.1, 0.15) is 6.42 Å². The molecule has 5 nitrogen and oxygen atoms in total. The predicted molar refractivity (Wildman–Crippen MR) is 77.6 cm³/mol. The highest BCUT2D eigenvalue weighted by atomic mass is 16.2. The Labute approximate surface area is 119 Å². The number of nitrogens with zero attached hydrogens (tertiary/aromatic N) is 1. The summed E-state index contributed by atoms with van der Waals surface area (Å²) in [5.41, 5.74) is 1.05. The molecule has 1 aromatic rings. The fourth-order valence-electron chi connectivity index (χ4n) is 1.85. The summed E-state index contributed by atoms with van der Waals surface area (Å²) in [6, 6.07) is 6.66. The molecule has 0 bridgehead atoms. The maximum Gasteiger partial charge on any atom is 0.233 e. The lowest BCUT2D eigenvalue weighted by Crippen LogP contribution is -2.33. The number of nitrogens with one attached hydrogen (secondary N) is 1. The van der Waals surface area contributed by atoms with Crippen LogP contribution >= 0.6 is 0 Å². The molecule has 0 radical (unpaired) electrons. The van der Waals surface area contributed by atoms with E-state index in [-0.39, 0.29) is 24.0 Å². The molecule has 0 aliphatic heterocycles. The van der Waals surface area contributed by atoms with Crippen molar-refractivity contribution in [2.45, 2.75) is 27.2 Å². The van der Waals surface area contributed by atoms with Crippen molar-refractivity contribution in [3.63, 3.8) is 0 Å². The molecule has 20 heavy (non-hydrogen) atoms. The minimum Gasteiger partial charge on any atom is -0.343 e. The van der Waals surface area contributed by atoms with E-state index in [1.165, 1.54) is 6.92 Å². The van der Waals surface area contributed by atoms with Crippen molar-refractivity contribution in [3.05, 3.63) is 29.8 Å². The van der Waals surface area contributed by atoms with Crippen LogP contribution in [-0.4, -0.2) is 35.6 Å². The van der Waals surface area contributed by atoms with E-state index in [4.69, 9.17) is 0 Å². The van der Waals surface area contributed by atoms with Gasteiger partial charge in [-0.15, -0.1) is 0 Å². The molecule has 1 rings (SSSR count). The Morgan fingerprint density at radius 3 is 2.35 bits per heavy atom. The normalized spacial score (nSPS) is 9.95. The van der Waals surface area contributed by atoms with Crippen LogP contribution in [0.4, 0.5) is 5.69 Å². The number of benzene rings is 1. The topological polar surface area (TPSA) is 66.5 Å². The molecule has 108 valence electrons. The zero-order chi connectivity index (χ0) is 15.1. The summed E-state index contributed by atoms with van der Waals surface area (Å²) in [6.07, 6.45) is -0.189. The monoisotopic (exact) mass is 276 g/mol. The lowest BCUT2D eigenvalue weighted by molar-refractivity contribution is -0.134. The Kier molecular flexibility index (Phi) is 5.90. The molecule has 0 saturated heterocycles. The summed E-state index contributed by atoms with van der Waals surface area (Å²) < 4.78 is 0. The van der Waals surface area contributed by atoms with E-state index in [0.29, 0.717) is 24.3 Å². The number of hydrogen-bond acceptors (Lipinski definition) is 3. The lowest BCUT2D eigenvalue weighted by Gasteiger charge is -2.18. The van der Waals surface area contributed by atoms with Crippen molar-refractivity contribution in [1.82, 2.24) is 4.90 Å². The van der Waals surface area contributed by atoms with Gasteiger partial charge in [-0.25, -0.2) is 0 Å². The molecule has 0 spiro atoms. The van der Waals surface area contributed by atoms with Crippen molar-refractivity contribution in [2.24, 2.45) is 0 Å². The number of anilines is 1. The largest absolute Gasteiger partial charge is 0.343 e. The molecule has 5 heteroatoms. The van der Waals surface area contributed by atoms with Crippen molar-refractivity contribution in [1.29, 1.82) is 0 Å². The smallest absolute Gasteiger partial charge is 0.233 e. The second-order valence-electron chi connectivity index (χ2n) is 4.43. The third kappa shape index (κ3) is 4.50. The van der Waals surface area contributed by atoms with Gasteiger partial charge in [-0.3, -0.25) is 14.4 Å². The zero-order valence-electron chi connectivity index (χ0n) is 12.1. The van der Waals surface area contributed by atoms with Gasteiger partial charge >= 0.3 is 0 Å². The third-order valence-corrected chi connectivity index (χ3v) is 2.98. The fraction of sp³-hybridized carbons (Fsp3) is 0.400. The van der Waals surface area contributed by atoms with E-state index in [1.807, 2.05) is 13.8 Å². The second-order valence-corrected chi connectivity index (χ2v) is 4.43. The Balaban J connectivity index is 2.65. The van der Waals surface area contributed by atoms with Crippen LogP contribution in [0.1, 0.15) is 37.6 Å². The van der Waals surface area contributed by atoms with Gasteiger partial charge in [0, 0.05) is 24.3 Å². The van der Waals surface area contributed by atoms with Crippen LogP contribution in [0, 0.1) is 0 Å². The quantitative estimate of drug-likeness (QED) is 0.639. The molecule has 0 unspecified atom stereocenters. The molecule has 0 aliphatic carbocycles. The molecule has 1 aromatic carbocycles. The molecule has 1 N–H and O–H groups in total. The van der Waals surface area contributed by atoms with Crippen LogP contribution < -0.4 is 5.32 Å². The van der Waals surface area contributed by atoms with Crippen molar-refractivity contribution >= 4 is 23.3 Å². The minimum atomic E-state index is -0.373. The highest BCUT2D eigenvalue weighted by molar-refractivity contribution is 6.04. The average molecular weight is 276 g/mol. The number of rotatable bonds is 6. The van der Waals surface area contributed by atoms with E-state index in [1.54, 1.807) is 29.2 Å². The van der Waals surface area contributed by atoms with Crippen molar-refractivity contribution in [2.75, 3.05) is 18.4 Å². The first kappa shape index (κ1) is 15.9. The van der Waals surface area contributed by atoms with Gasteiger partial charge < -0.3 is 10.2 Å². The molecule has 0 saturated carbocycles. The fourth-order valence-corrected chi connectivity index (χ4v) is 1.85. The van der Waals surface area contributed by atoms with Crippen molar-refractivity contribution < 1.29 is 14.4 Å². The molecule has 0 atom stereocenters. The molecule has 0 fully saturated rings. The summed E-state index contributed by atoms with van der Waals surface area (Å²) >= 11 is 0. The zero-order valence-corrected chi connectivity index (χ0v) is 12.1. The summed E-state index contributed by atoms with van der Waals surface area (Å²) in [5.74, 6) is -0.641. The van der Waals surface area contributed by atoms with Gasteiger partial charge in [0.15, 0.2) is 5.78 Å². The number of Topliss-reactive ketones (excluding diaryl/α,β-unsaturated/α-hetero) is 1. The lowest BCUT2D eigenvalue weighted by atomic mass is 10.1. The highest BCUT2D eigenvalue weighted by Crippen LogP contribution is 2.11. The number of carbonyl (C=O) groups excluding carboxylic acids is 3. The van der Waals surface area contributed by atoms with Gasteiger partial charge in [-0.1, -0.05) is 12.1 Å². The highest BCUT2D eigenvalue weighted by Gasteiger charge is 2.14. The van der Waals surface area contributed by atoms with E-state index in [0.717, 1.165) is 0 Å². The Morgan fingerprint density at radius 1 is 1.15 bits per heavy atom. The molecular formula is C15H20N2O3. The Morgan fingerprint density at radius 2 is 1.80 bits per heavy atom. The summed E-state index contributed by atoms with van der Waals surface area (Å²) in [7, 11) is 0. The Hall–Kier alpha value is -2.17. The second kappa shape index (κ2) is 7.43. The van der Waals surface area contributed by atoms with E-state index >= 15 is 0 Å². The van der Waals surface area contributed by atoms with Crippen LogP contribution in [0.5, 0.6) is 0 Å². The third-order valence-electron chi connectivity index (χ3n) is 2.98. The summed E-state index contributed by atoms with van der Waals surface area (Å²) in [6.45, 7) is 6.38. The van der Waals surface area contributed by atoms with Crippen LogP contribution in [-0.2, 0) is 9.59 Å². The Bertz CT molecular complexity index is 508. The summed E-state index contributed by atoms with van der Waals surface area (Å²) in [5, 5.41) is 2.63. The van der Waals surface area contributed by atoms with Gasteiger partial charge in [0.2, 0.25) is 11.8 Å². The van der Waals surface area contributed by atoms with Crippen LogP contribution in [0.2, 0.25) is 0 Å². The first-order valence-corrected chi connectivity index (χ1v) is 6.66. The van der Waals surface area contributed by atoms with Gasteiger partial charge in [-0.2, -0.15) is 0 Å².